The van der Waals surface area contributed by atoms with E-state index in [1.807, 2.05) is 35.6 Å². The number of hydrogen-bond acceptors (Lipinski definition) is 7. The van der Waals surface area contributed by atoms with Crippen molar-refractivity contribution < 1.29 is 26.9 Å². The van der Waals surface area contributed by atoms with E-state index in [2.05, 4.69) is 0 Å². The lowest BCUT2D eigenvalue weighted by atomic mass is 10.1. The maximum absolute atomic E-state index is 12.8. The lowest BCUT2D eigenvalue weighted by Crippen LogP contribution is -2.41. The second kappa shape index (κ2) is 11.0. The van der Waals surface area contributed by atoms with E-state index < -0.39 is 10.1 Å². The van der Waals surface area contributed by atoms with Crippen molar-refractivity contribution in [2.24, 2.45) is 0 Å². The molecule has 1 saturated heterocycles. The van der Waals surface area contributed by atoms with Gasteiger partial charge >= 0.3 is 10.1 Å². The number of nitrogens with zero attached hydrogens (tertiary/aromatic N) is 2. The maximum atomic E-state index is 12.8. The molecule has 0 aliphatic carbocycles. The molecule has 0 N–H and O–H groups in total. The molecule has 1 aliphatic rings. The molecule has 2 aromatic rings. The van der Waals surface area contributed by atoms with Crippen LogP contribution in [-0.2, 0) is 19.6 Å². The van der Waals surface area contributed by atoms with E-state index >= 15 is 0 Å². The molecule has 2 aromatic carbocycles. The van der Waals surface area contributed by atoms with Gasteiger partial charge in [-0.25, -0.2) is 0 Å². The van der Waals surface area contributed by atoms with Crippen molar-refractivity contribution in [1.29, 1.82) is 5.26 Å². The van der Waals surface area contributed by atoms with E-state index in [1.165, 1.54) is 18.2 Å². The summed E-state index contributed by atoms with van der Waals surface area (Å²) in [6.07, 6.45) is 1.46. The van der Waals surface area contributed by atoms with Crippen molar-refractivity contribution in [2.75, 3.05) is 32.9 Å². The smallest absolute Gasteiger partial charge is 0.339 e. The number of morpholine rings is 1. The molecule has 1 amide bonds. The van der Waals surface area contributed by atoms with E-state index in [1.54, 1.807) is 36.1 Å². The minimum Gasteiger partial charge on any atom is -0.490 e. The predicted molar refractivity (Wildman–Crippen MR) is 130 cm³/mol. The van der Waals surface area contributed by atoms with Gasteiger partial charge in [-0.2, -0.15) is 13.7 Å². The molecular formula is C23H23IN2O6S. The van der Waals surface area contributed by atoms with Gasteiger partial charge in [0, 0.05) is 13.1 Å². The summed E-state index contributed by atoms with van der Waals surface area (Å²) in [6, 6.07) is 11.5. The third-order valence-corrected chi connectivity index (χ3v) is 6.83. The first-order chi connectivity index (χ1) is 15.7. The first-order valence-corrected chi connectivity index (χ1v) is 12.7. The van der Waals surface area contributed by atoms with Crippen LogP contribution in [-0.4, -0.2) is 52.1 Å². The number of amides is 1. The fourth-order valence-electron chi connectivity index (χ4n) is 3.12. The van der Waals surface area contributed by atoms with Gasteiger partial charge in [0.2, 0.25) is 0 Å². The SMILES string of the molecule is CCOc1cc(/C=C(\C#N)C(=O)N2CCOCC2)cc(I)c1OS(=O)(=O)c1ccc(C)cc1. The summed E-state index contributed by atoms with van der Waals surface area (Å²) in [6.45, 7) is 5.58. The van der Waals surface area contributed by atoms with E-state index in [-0.39, 0.29) is 34.5 Å². The van der Waals surface area contributed by atoms with Crippen LogP contribution in [0.2, 0.25) is 0 Å². The average molecular weight is 582 g/mol. The van der Waals surface area contributed by atoms with Gasteiger partial charge in [0.15, 0.2) is 11.5 Å². The zero-order valence-electron chi connectivity index (χ0n) is 18.2. The number of carbonyl (C=O) groups excluding carboxylic acids is 1. The zero-order valence-corrected chi connectivity index (χ0v) is 21.2. The second-order valence-electron chi connectivity index (χ2n) is 7.19. The summed E-state index contributed by atoms with van der Waals surface area (Å²) in [5.41, 5.74) is 1.41. The van der Waals surface area contributed by atoms with E-state index in [0.29, 0.717) is 35.4 Å². The van der Waals surface area contributed by atoms with E-state index in [4.69, 9.17) is 13.7 Å². The fraction of sp³-hybridized carbons (Fsp3) is 0.304. The van der Waals surface area contributed by atoms with Gasteiger partial charge in [-0.15, -0.1) is 0 Å². The van der Waals surface area contributed by atoms with Crippen LogP contribution in [0, 0.1) is 21.8 Å². The molecule has 0 radical (unpaired) electrons. The number of halogens is 1. The van der Waals surface area contributed by atoms with Crippen LogP contribution in [0.5, 0.6) is 11.5 Å². The second-order valence-corrected chi connectivity index (χ2v) is 9.90. The van der Waals surface area contributed by atoms with Crippen molar-refractivity contribution in [2.45, 2.75) is 18.7 Å². The summed E-state index contributed by atoms with van der Waals surface area (Å²) >= 11 is 1.94. The topological polar surface area (TPSA) is 106 Å². The highest BCUT2D eigenvalue weighted by atomic mass is 127. The quantitative estimate of drug-likeness (QED) is 0.213. The molecule has 0 unspecified atom stereocenters. The number of hydrogen-bond donors (Lipinski definition) is 0. The first kappa shape index (κ1) is 25.0. The van der Waals surface area contributed by atoms with Crippen LogP contribution in [0.15, 0.2) is 46.9 Å². The molecule has 0 spiro atoms. The van der Waals surface area contributed by atoms with Crippen LogP contribution in [0.25, 0.3) is 6.08 Å². The molecule has 3 rings (SSSR count). The van der Waals surface area contributed by atoms with E-state index in [0.717, 1.165) is 5.56 Å². The van der Waals surface area contributed by atoms with Crippen LogP contribution in [0.1, 0.15) is 18.1 Å². The summed E-state index contributed by atoms with van der Waals surface area (Å²) < 4.78 is 42.4. The zero-order chi connectivity index (χ0) is 24.0. The summed E-state index contributed by atoms with van der Waals surface area (Å²) in [4.78, 5) is 14.3. The van der Waals surface area contributed by atoms with Gasteiger partial charge < -0.3 is 18.6 Å². The minimum atomic E-state index is -4.09. The van der Waals surface area contributed by atoms with Crippen LogP contribution < -0.4 is 8.92 Å². The Hall–Kier alpha value is -2.62. The lowest BCUT2D eigenvalue weighted by Gasteiger charge is -2.26. The van der Waals surface area contributed by atoms with Crippen molar-refractivity contribution in [3.05, 3.63) is 56.7 Å². The van der Waals surface area contributed by atoms with Crippen molar-refractivity contribution >= 4 is 44.7 Å². The average Bonchev–Trinajstić information content (AvgIpc) is 2.80. The van der Waals surface area contributed by atoms with Crippen LogP contribution >= 0.6 is 22.6 Å². The Kier molecular flexibility index (Phi) is 8.34. The molecule has 1 fully saturated rings. The Balaban J connectivity index is 1.95. The highest BCUT2D eigenvalue weighted by molar-refractivity contribution is 14.1. The summed E-state index contributed by atoms with van der Waals surface area (Å²) in [5, 5.41) is 9.55. The largest absolute Gasteiger partial charge is 0.490 e. The number of aryl methyl sites for hydroxylation is 1. The Bertz CT molecular complexity index is 1200. The fourth-order valence-corrected chi connectivity index (χ4v) is 4.96. The Morgan fingerprint density at radius 3 is 2.52 bits per heavy atom. The molecule has 0 saturated carbocycles. The van der Waals surface area contributed by atoms with Crippen molar-refractivity contribution in [3.63, 3.8) is 0 Å². The highest BCUT2D eigenvalue weighted by Crippen LogP contribution is 2.37. The van der Waals surface area contributed by atoms with Gasteiger partial charge in [0.05, 0.1) is 23.4 Å². The number of benzene rings is 2. The minimum absolute atomic E-state index is 0.0261. The third-order valence-electron chi connectivity index (χ3n) is 4.79. The van der Waals surface area contributed by atoms with Gasteiger partial charge in [-0.05, 0) is 72.3 Å². The summed E-state index contributed by atoms with van der Waals surface area (Å²) in [5.74, 6) is -0.133. The molecule has 174 valence electrons. The Morgan fingerprint density at radius 1 is 1.24 bits per heavy atom. The van der Waals surface area contributed by atoms with E-state index in [9.17, 15) is 18.5 Å². The molecule has 0 atom stereocenters. The van der Waals surface area contributed by atoms with Gasteiger partial charge in [-0.3, -0.25) is 4.79 Å². The lowest BCUT2D eigenvalue weighted by molar-refractivity contribution is -0.130. The Labute approximate surface area is 207 Å². The highest BCUT2D eigenvalue weighted by Gasteiger charge is 2.24. The first-order valence-electron chi connectivity index (χ1n) is 10.2. The van der Waals surface area contributed by atoms with Crippen molar-refractivity contribution in [1.82, 2.24) is 4.90 Å². The number of ether oxygens (including phenoxy) is 2. The molecule has 33 heavy (non-hydrogen) atoms. The molecule has 8 nitrogen and oxygen atoms in total. The molecule has 0 bridgehead atoms. The van der Waals surface area contributed by atoms with Crippen molar-refractivity contribution in [3.8, 4) is 17.6 Å². The molecule has 1 aliphatic heterocycles. The molecule has 0 aromatic heterocycles. The molecule has 10 heteroatoms. The third kappa shape index (κ3) is 6.25. The van der Waals surface area contributed by atoms with Gasteiger partial charge in [-0.1, -0.05) is 17.7 Å². The monoisotopic (exact) mass is 582 g/mol. The van der Waals surface area contributed by atoms with Gasteiger partial charge in [0.1, 0.15) is 16.5 Å². The number of nitriles is 1. The molecular weight excluding hydrogens is 559 g/mol. The van der Waals surface area contributed by atoms with Crippen LogP contribution in [0.3, 0.4) is 0 Å². The Morgan fingerprint density at radius 2 is 1.91 bits per heavy atom. The number of rotatable bonds is 7. The maximum Gasteiger partial charge on any atom is 0.339 e. The van der Waals surface area contributed by atoms with Gasteiger partial charge in [0.25, 0.3) is 5.91 Å². The predicted octanol–water partition coefficient (Wildman–Crippen LogP) is 3.53. The number of carbonyl (C=O) groups is 1. The summed E-state index contributed by atoms with van der Waals surface area (Å²) in [7, 11) is -4.09. The molecule has 1 heterocycles. The van der Waals surface area contributed by atoms with Crippen LogP contribution in [0.4, 0.5) is 0 Å². The normalized spacial score (nSPS) is 14.5. The standard InChI is InChI=1S/C23H23IN2O6S/c1-3-31-21-14-17(12-18(15-25)23(27)26-8-10-30-11-9-26)13-20(24)22(21)32-33(28,29)19-6-4-16(2)5-7-19/h4-7,12-14H,3,8-11H2,1-2H3/b18-12+.